The minimum atomic E-state index is -4.27. The quantitative estimate of drug-likeness (QED) is 0.883. The van der Waals surface area contributed by atoms with Gasteiger partial charge in [-0.05, 0) is 49.8 Å². The highest BCUT2D eigenvalue weighted by atomic mass is 19.4. The second-order valence-electron chi connectivity index (χ2n) is 6.47. The molecule has 1 fully saturated rings. The molecule has 2 aromatic rings. The first-order valence-electron chi connectivity index (χ1n) is 8.38. The Labute approximate surface area is 139 Å². The molecule has 3 nitrogen and oxygen atoms in total. The predicted molar refractivity (Wildman–Crippen MR) is 86.4 cm³/mol. The first-order valence-corrected chi connectivity index (χ1v) is 8.38. The van der Waals surface area contributed by atoms with Gasteiger partial charge in [0, 0.05) is 18.9 Å². The average molecular weight is 337 g/mol. The van der Waals surface area contributed by atoms with Crippen LogP contribution in [-0.4, -0.2) is 28.0 Å². The standard InChI is InChI=1S/C18H22F3N3/c19-18(20,21)16-6-2-1-5-15(16)8-7-14-4-3-11-24(12-14)13-17-22-9-10-23-17/h1-2,5-6,9-10,14H,3-4,7-8,11-13H2,(H,22,23)/t14-/m1/s1. The number of rotatable bonds is 5. The van der Waals surface area contributed by atoms with E-state index in [1.54, 1.807) is 18.3 Å². The molecule has 1 aromatic heterocycles. The highest BCUT2D eigenvalue weighted by molar-refractivity contribution is 5.29. The molecule has 0 spiro atoms. The summed E-state index contributed by atoms with van der Waals surface area (Å²) < 4.78 is 39.2. The zero-order chi connectivity index (χ0) is 17.0. The van der Waals surface area contributed by atoms with Gasteiger partial charge in [0.15, 0.2) is 0 Å². The fraction of sp³-hybridized carbons (Fsp3) is 0.500. The number of aromatic nitrogens is 2. The number of benzene rings is 1. The number of likely N-dealkylation sites (tertiary alicyclic amines) is 1. The Kier molecular flexibility index (Phi) is 5.23. The maximum Gasteiger partial charge on any atom is 0.416 e. The van der Waals surface area contributed by atoms with Crippen LogP contribution in [0.3, 0.4) is 0 Å². The summed E-state index contributed by atoms with van der Waals surface area (Å²) in [6.45, 7) is 2.73. The highest BCUT2D eigenvalue weighted by Gasteiger charge is 2.33. The molecule has 24 heavy (non-hydrogen) atoms. The molecule has 6 heteroatoms. The van der Waals surface area contributed by atoms with Crippen LogP contribution in [0.4, 0.5) is 13.2 Å². The Morgan fingerprint density at radius 2 is 2.08 bits per heavy atom. The van der Waals surface area contributed by atoms with Crippen molar-refractivity contribution in [1.82, 2.24) is 14.9 Å². The van der Waals surface area contributed by atoms with Crippen molar-refractivity contribution >= 4 is 0 Å². The number of aryl methyl sites for hydroxylation is 1. The zero-order valence-corrected chi connectivity index (χ0v) is 13.5. The summed E-state index contributed by atoms with van der Waals surface area (Å²) in [6.07, 6.45) is 2.73. The molecule has 130 valence electrons. The zero-order valence-electron chi connectivity index (χ0n) is 13.5. The molecule has 0 aliphatic carbocycles. The van der Waals surface area contributed by atoms with E-state index in [1.165, 1.54) is 12.1 Å². The smallest absolute Gasteiger partial charge is 0.348 e. The van der Waals surface area contributed by atoms with Gasteiger partial charge in [0.05, 0.1) is 12.1 Å². The van der Waals surface area contributed by atoms with E-state index in [0.29, 0.717) is 17.9 Å². The number of piperidine rings is 1. The van der Waals surface area contributed by atoms with E-state index in [-0.39, 0.29) is 0 Å². The van der Waals surface area contributed by atoms with Crippen molar-refractivity contribution in [2.75, 3.05) is 13.1 Å². The van der Waals surface area contributed by atoms with Crippen molar-refractivity contribution in [3.05, 3.63) is 53.6 Å². The van der Waals surface area contributed by atoms with E-state index >= 15 is 0 Å². The third-order valence-corrected chi connectivity index (χ3v) is 4.68. The van der Waals surface area contributed by atoms with Crippen LogP contribution in [0.1, 0.15) is 36.2 Å². The van der Waals surface area contributed by atoms with E-state index in [9.17, 15) is 13.2 Å². The number of hydrogen-bond acceptors (Lipinski definition) is 2. The maximum absolute atomic E-state index is 13.1. The molecule has 0 unspecified atom stereocenters. The Hall–Kier alpha value is -1.82. The summed E-state index contributed by atoms with van der Waals surface area (Å²) >= 11 is 0. The number of imidazole rings is 1. The lowest BCUT2D eigenvalue weighted by molar-refractivity contribution is -0.138. The number of hydrogen-bond donors (Lipinski definition) is 1. The second kappa shape index (κ2) is 7.38. The molecular weight excluding hydrogens is 315 g/mol. The third-order valence-electron chi connectivity index (χ3n) is 4.68. The van der Waals surface area contributed by atoms with Gasteiger partial charge < -0.3 is 4.98 Å². The Morgan fingerprint density at radius 1 is 1.25 bits per heavy atom. The molecule has 0 radical (unpaired) electrons. The van der Waals surface area contributed by atoms with E-state index in [2.05, 4.69) is 14.9 Å². The topological polar surface area (TPSA) is 31.9 Å². The lowest BCUT2D eigenvalue weighted by Gasteiger charge is -2.32. The molecule has 1 aliphatic heterocycles. The summed E-state index contributed by atoms with van der Waals surface area (Å²) in [6, 6.07) is 5.93. The number of aromatic amines is 1. The van der Waals surface area contributed by atoms with Crippen LogP contribution < -0.4 is 0 Å². The van der Waals surface area contributed by atoms with E-state index < -0.39 is 11.7 Å². The van der Waals surface area contributed by atoms with E-state index in [0.717, 1.165) is 44.7 Å². The SMILES string of the molecule is FC(F)(F)c1ccccc1CC[C@H]1CCCN(Cc2ncc[nH]2)C1. The van der Waals surface area contributed by atoms with Gasteiger partial charge in [0.2, 0.25) is 0 Å². The van der Waals surface area contributed by atoms with Gasteiger partial charge in [-0.15, -0.1) is 0 Å². The van der Waals surface area contributed by atoms with Crippen LogP contribution in [0.15, 0.2) is 36.7 Å². The summed E-state index contributed by atoms with van der Waals surface area (Å²) in [7, 11) is 0. The fourth-order valence-corrected chi connectivity index (χ4v) is 3.50. The summed E-state index contributed by atoms with van der Waals surface area (Å²) in [5, 5.41) is 0. The molecule has 0 amide bonds. The lowest BCUT2D eigenvalue weighted by atomic mass is 9.90. The highest BCUT2D eigenvalue weighted by Crippen LogP contribution is 2.33. The van der Waals surface area contributed by atoms with Crippen LogP contribution in [-0.2, 0) is 19.1 Å². The van der Waals surface area contributed by atoms with E-state index in [1.807, 2.05) is 6.20 Å². The molecule has 0 bridgehead atoms. The molecule has 1 aromatic carbocycles. The van der Waals surface area contributed by atoms with E-state index in [4.69, 9.17) is 0 Å². The van der Waals surface area contributed by atoms with Gasteiger partial charge in [-0.3, -0.25) is 4.90 Å². The Morgan fingerprint density at radius 3 is 2.83 bits per heavy atom. The third kappa shape index (κ3) is 4.38. The second-order valence-corrected chi connectivity index (χ2v) is 6.47. The number of nitrogens with one attached hydrogen (secondary N) is 1. The monoisotopic (exact) mass is 337 g/mol. The van der Waals surface area contributed by atoms with Crippen molar-refractivity contribution < 1.29 is 13.2 Å². The van der Waals surface area contributed by atoms with Crippen molar-refractivity contribution in [2.24, 2.45) is 5.92 Å². The molecule has 3 rings (SSSR count). The van der Waals surface area contributed by atoms with Gasteiger partial charge in [0.1, 0.15) is 5.82 Å². The summed E-state index contributed by atoms with van der Waals surface area (Å²) in [5.41, 5.74) is -0.0820. The number of nitrogens with zero attached hydrogens (tertiary/aromatic N) is 2. The van der Waals surface area contributed by atoms with Crippen molar-refractivity contribution in [1.29, 1.82) is 0 Å². The Balaban J connectivity index is 1.57. The van der Waals surface area contributed by atoms with Crippen LogP contribution in [0.2, 0.25) is 0 Å². The average Bonchev–Trinajstić information content (AvgIpc) is 3.06. The molecule has 1 aliphatic rings. The first kappa shape index (κ1) is 17.0. The Bertz CT molecular complexity index is 637. The minimum absolute atomic E-state index is 0.410. The fourth-order valence-electron chi connectivity index (χ4n) is 3.50. The molecule has 2 heterocycles. The van der Waals surface area contributed by atoms with Crippen molar-refractivity contribution in [2.45, 2.75) is 38.4 Å². The molecule has 1 N–H and O–H groups in total. The van der Waals surface area contributed by atoms with Gasteiger partial charge in [-0.1, -0.05) is 18.2 Å². The van der Waals surface area contributed by atoms with Crippen LogP contribution in [0, 0.1) is 5.92 Å². The predicted octanol–water partition coefficient (Wildman–Crippen LogP) is 4.27. The lowest BCUT2D eigenvalue weighted by Crippen LogP contribution is -2.35. The number of H-pyrrole nitrogens is 1. The van der Waals surface area contributed by atoms with Gasteiger partial charge in [-0.25, -0.2) is 4.98 Å². The van der Waals surface area contributed by atoms with Crippen LogP contribution >= 0.6 is 0 Å². The molecular formula is C18H22F3N3. The van der Waals surface area contributed by atoms with Gasteiger partial charge in [-0.2, -0.15) is 13.2 Å². The van der Waals surface area contributed by atoms with Crippen molar-refractivity contribution in [3.63, 3.8) is 0 Å². The number of alkyl halides is 3. The maximum atomic E-state index is 13.1. The minimum Gasteiger partial charge on any atom is -0.348 e. The molecule has 1 atom stereocenters. The summed E-state index contributed by atoms with van der Waals surface area (Å²) in [4.78, 5) is 9.68. The summed E-state index contributed by atoms with van der Waals surface area (Å²) in [5.74, 6) is 1.38. The normalized spacial score (nSPS) is 19.5. The molecule has 1 saturated heterocycles. The molecule has 0 saturated carbocycles. The van der Waals surface area contributed by atoms with Gasteiger partial charge in [0.25, 0.3) is 0 Å². The van der Waals surface area contributed by atoms with Crippen LogP contribution in [0.25, 0.3) is 0 Å². The van der Waals surface area contributed by atoms with Crippen molar-refractivity contribution in [3.8, 4) is 0 Å². The van der Waals surface area contributed by atoms with Gasteiger partial charge >= 0.3 is 6.18 Å². The van der Waals surface area contributed by atoms with Crippen LogP contribution in [0.5, 0.6) is 0 Å². The number of halogens is 3. The first-order chi connectivity index (χ1) is 11.5. The largest absolute Gasteiger partial charge is 0.416 e.